The fraction of sp³-hybridized carbons (Fsp3) is 0.483. The summed E-state index contributed by atoms with van der Waals surface area (Å²) in [5.74, 6) is -0.968. The summed E-state index contributed by atoms with van der Waals surface area (Å²) in [4.78, 5) is 44.3. The number of rotatable bonds is 6. The molecule has 2 saturated carbocycles. The Morgan fingerprint density at radius 2 is 1.68 bits per heavy atom. The largest absolute Gasteiger partial charge is 0.353 e. The molecule has 2 N–H and O–H groups in total. The molecule has 0 spiro atoms. The van der Waals surface area contributed by atoms with E-state index < -0.39 is 12.3 Å². The zero-order valence-corrected chi connectivity index (χ0v) is 21.4. The van der Waals surface area contributed by atoms with Gasteiger partial charge >= 0.3 is 6.03 Å². The molecule has 2 aliphatic carbocycles. The number of urea groups is 1. The van der Waals surface area contributed by atoms with E-state index in [0.29, 0.717) is 31.4 Å². The molecule has 2 aromatic rings. The standard InChI is InChI=1S/C29H34FN5O3/c30-24-13-7-4-10-21(24)18-34-29(38)35-25-16-20(26(36)31-22-11-5-6-12-22)14-15-23(25)27(37)33(28(35)32-34)17-19-8-2-1-3-9-19/h1-4,7-10,13,20,22-23,25,28,32H,5-6,11-12,14-18H2,(H,31,36). The minimum atomic E-state index is -0.695. The average Bonchev–Trinajstić information content (AvgIpc) is 3.56. The first-order valence-corrected chi connectivity index (χ1v) is 13.7. The highest BCUT2D eigenvalue weighted by molar-refractivity contribution is 5.87. The summed E-state index contributed by atoms with van der Waals surface area (Å²) in [7, 11) is 0. The molecule has 4 atom stereocenters. The molecule has 0 aromatic heterocycles. The first kappa shape index (κ1) is 24.9. The minimum absolute atomic E-state index is 0.0113. The van der Waals surface area contributed by atoms with Crippen LogP contribution in [0.2, 0.25) is 0 Å². The van der Waals surface area contributed by atoms with Crippen molar-refractivity contribution in [2.24, 2.45) is 11.8 Å². The minimum Gasteiger partial charge on any atom is -0.353 e. The smallest absolute Gasteiger partial charge is 0.337 e. The summed E-state index contributed by atoms with van der Waals surface area (Å²) >= 11 is 0. The van der Waals surface area contributed by atoms with Crippen molar-refractivity contribution in [3.63, 3.8) is 0 Å². The Balaban J connectivity index is 1.27. The number of nitrogens with one attached hydrogen (secondary N) is 2. The van der Waals surface area contributed by atoms with Gasteiger partial charge < -0.3 is 10.2 Å². The van der Waals surface area contributed by atoms with Crippen LogP contribution in [0.1, 0.15) is 56.1 Å². The fourth-order valence-electron chi connectivity index (χ4n) is 6.60. The van der Waals surface area contributed by atoms with Crippen molar-refractivity contribution in [2.75, 3.05) is 0 Å². The van der Waals surface area contributed by atoms with Gasteiger partial charge in [-0.15, -0.1) is 0 Å². The van der Waals surface area contributed by atoms with E-state index in [4.69, 9.17) is 0 Å². The van der Waals surface area contributed by atoms with Crippen molar-refractivity contribution < 1.29 is 18.8 Å². The van der Waals surface area contributed by atoms with Crippen molar-refractivity contribution in [3.05, 3.63) is 71.5 Å². The van der Waals surface area contributed by atoms with E-state index in [-0.39, 0.29) is 48.1 Å². The van der Waals surface area contributed by atoms with Crippen LogP contribution in [0.4, 0.5) is 9.18 Å². The van der Waals surface area contributed by atoms with Gasteiger partial charge in [-0.1, -0.05) is 61.4 Å². The lowest BCUT2D eigenvalue weighted by atomic mass is 9.75. The van der Waals surface area contributed by atoms with E-state index in [0.717, 1.165) is 31.2 Å². The predicted molar refractivity (Wildman–Crippen MR) is 138 cm³/mol. The highest BCUT2D eigenvalue weighted by Gasteiger charge is 2.56. The molecule has 6 rings (SSSR count). The van der Waals surface area contributed by atoms with Crippen LogP contribution in [-0.2, 0) is 22.7 Å². The van der Waals surface area contributed by atoms with Crippen LogP contribution in [0.15, 0.2) is 54.6 Å². The average molecular weight is 520 g/mol. The second-order valence-electron chi connectivity index (χ2n) is 11.0. The van der Waals surface area contributed by atoms with Gasteiger partial charge in [0, 0.05) is 30.1 Å². The normalized spacial score (nSPS) is 27.4. The van der Waals surface area contributed by atoms with Crippen molar-refractivity contribution in [3.8, 4) is 0 Å². The third-order valence-corrected chi connectivity index (χ3v) is 8.61. The Morgan fingerprint density at radius 3 is 2.45 bits per heavy atom. The predicted octanol–water partition coefficient (Wildman–Crippen LogP) is 3.74. The number of amides is 4. The number of hydrogen-bond acceptors (Lipinski definition) is 4. The molecule has 200 valence electrons. The maximum Gasteiger partial charge on any atom is 0.337 e. The first-order valence-electron chi connectivity index (χ1n) is 13.7. The number of fused-ring (bicyclic) bond motifs is 3. The Hall–Kier alpha value is -3.46. The summed E-state index contributed by atoms with van der Waals surface area (Å²) in [6, 6.07) is 15.6. The van der Waals surface area contributed by atoms with E-state index in [9.17, 15) is 18.8 Å². The SMILES string of the molecule is O=C(NC1CCCC1)C1CCC2C(=O)N(Cc3ccccc3)C3NN(Cc4ccccc4F)C(=O)N3C2C1. The highest BCUT2D eigenvalue weighted by atomic mass is 19.1. The van der Waals surface area contributed by atoms with Gasteiger partial charge in [-0.2, -0.15) is 5.43 Å². The topological polar surface area (TPSA) is 85.0 Å². The van der Waals surface area contributed by atoms with Crippen molar-refractivity contribution >= 4 is 17.8 Å². The molecule has 9 heteroatoms. The van der Waals surface area contributed by atoms with Gasteiger partial charge in [0.15, 0.2) is 6.29 Å². The van der Waals surface area contributed by atoms with Crippen LogP contribution in [0.3, 0.4) is 0 Å². The summed E-state index contributed by atoms with van der Waals surface area (Å²) in [6.07, 6.45) is 5.24. The van der Waals surface area contributed by atoms with Crippen LogP contribution < -0.4 is 10.7 Å². The Morgan fingerprint density at radius 1 is 0.947 bits per heavy atom. The first-order chi connectivity index (χ1) is 18.5. The van der Waals surface area contributed by atoms with Crippen molar-refractivity contribution in [1.29, 1.82) is 0 Å². The van der Waals surface area contributed by atoms with Crippen molar-refractivity contribution in [2.45, 2.75) is 76.4 Å². The molecule has 2 saturated heterocycles. The molecule has 4 aliphatic rings. The molecule has 4 unspecified atom stereocenters. The highest BCUT2D eigenvalue weighted by Crippen LogP contribution is 2.41. The van der Waals surface area contributed by atoms with Crippen LogP contribution in [0, 0.1) is 17.7 Å². The van der Waals surface area contributed by atoms with Gasteiger partial charge in [-0.05, 0) is 43.7 Å². The number of hydrogen-bond donors (Lipinski definition) is 2. The lowest BCUT2D eigenvalue weighted by Gasteiger charge is -2.49. The molecule has 2 aliphatic heterocycles. The van der Waals surface area contributed by atoms with Gasteiger partial charge in [-0.25, -0.2) is 9.18 Å². The Labute approximate surface area is 222 Å². The number of carbonyl (C=O) groups excluding carboxylic acids is 3. The molecular formula is C29H34FN5O3. The third kappa shape index (κ3) is 4.64. The Kier molecular flexibility index (Phi) is 6.78. The van der Waals surface area contributed by atoms with E-state index in [2.05, 4.69) is 10.7 Å². The molecule has 2 heterocycles. The van der Waals surface area contributed by atoms with Gasteiger partial charge in [0.05, 0.1) is 12.5 Å². The van der Waals surface area contributed by atoms with Crippen LogP contribution >= 0.6 is 0 Å². The van der Waals surface area contributed by atoms with Crippen LogP contribution in [-0.4, -0.2) is 51.0 Å². The fourth-order valence-corrected chi connectivity index (χ4v) is 6.60. The number of hydrazine groups is 1. The van der Waals surface area contributed by atoms with Crippen molar-refractivity contribution in [1.82, 2.24) is 25.6 Å². The summed E-state index contributed by atoms with van der Waals surface area (Å²) in [5.41, 5.74) is 4.56. The van der Waals surface area contributed by atoms with E-state index in [1.54, 1.807) is 28.0 Å². The summed E-state index contributed by atoms with van der Waals surface area (Å²) < 4.78 is 14.5. The van der Waals surface area contributed by atoms with Gasteiger partial charge in [0.2, 0.25) is 11.8 Å². The van der Waals surface area contributed by atoms with Gasteiger partial charge in [0.25, 0.3) is 0 Å². The number of benzene rings is 2. The zero-order valence-electron chi connectivity index (χ0n) is 21.4. The molecule has 4 amide bonds. The summed E-state index contributed by atoms with van der Waals surface area (Å²) in [6.45, 7) is 0.387. The van der Waals surface area contributed by atoms with E-state index >= 15 is 0 Å². The zero-order chi connectivity index (χ0) is 26.2. The lowest BCUT2D eigenvalue weighted by Crippen LogP contribution is -2.66. The second-order valence-corrected chi connectivity index (χ2v) is 11.0. The molecule has 8 nitrogen and oxygen atoms in total. The number of carbonyl (C=O) groups is 3. The van der Waals surface area contributed by atoms with E-state index in [1.807, 2.05) is 30.3 Å². The molecule has 0 radical (unpaired) electrons. The monoisotopic (exact) mass is 519 g/mol. The quantitative estimate of drug-likeness (QED) is 0.609. The maximum atomic E-state index is 14.5. The molecule has 38 heavy (non-hydrogen) atoms. The molecule has 2 aromatic carbocycles. The number of nitrogens with zero attached hydrogens (tertiary/aromatic N) is 3. The van der Waals surface area contributed by atoms with Gasteiger partial charge in [0.1, 0.15) is 5.82 Å². The summed E-state index contributed by atoms with van der Waals surface area (Å²) in [5, 5.41) is 4.61. The Bertz CT molecular complexity index is 1200. The maximum absolute atomic E-state index is 14.5. The van der Waals surface area contributed by atoms with Crippen LogP contribution in [0.5, 0.6) is 0 Å². The van der Waals surface area contributed by atoms with Gasteiger partial charge in [-0.3, -0.25) is 19.5 Å². The molecule has 0 bridgehead atoms. The third-order valence-electron chi connectivity index (χ3n) is 8.61. The molecule has 4 fully saturated rings. The van der Waals surface area contributed by atoms with E-state index in [1.165, 1.54) is 11.1 Å². The lowest BCUT2D eigenvalue weighted by molar-refractivity contribution is -0.160. The van der Waals surface area contributed by atoms with Crippen LogP contribution in [0.25, 0.3) is 0 Å². The molecular weight excluding hydrogens is 485 g/mol. The second kappa shape index (κ2) is 10.4. The number of halogens is 1.